The molecule has 2 heterocycles. The Morgan fingerprint density at radius 3 is 3.12 bits per heavy atom. The zero-order valence-corrected chi connectivity index (χ0v) is 11.6. The third-order valence-electron chi connectivity index (χ3n) is 2.26. The summed E-state index contributed by atoms with van der Waals surface area (Å²) in [5.74, 6) is 0.432. The summed E-state index contributed by atoms with van der Waals surface area (Å²) in [5, 5.41) is 7.70. The van der Waals surface area contributed by atoms with Gasteiger partial charge >= 0.3 is 0 Å². The molecule has 2 rings (SSSR count). The highest BCUT2D eigenvalue weighted by molar-refractivity contribution is 9.10. The number of carbonyl (C=O) groups excluding carboxylic acids is 1. The van der Waals surface area contributed by atoms with E-state index in [0.29, 0.717) is 19.1 Å². The summed E-state index contributed by atoms with van der Waals surface area (Å²) in [6.07, 6.45) is 0. The zero-order valence-electron chi connectivity index (χ0n) is 9.20. The molecule has 1 aromatic rings. The largest absolute Gasteiger partial charge is 0.383 e. The van der Waals surface area contributed by atoms with Gasteiger partial charge in [0, 0.05) is 11.6 Å². The van der Waals surface area contributed by atoms with Gasteiger partial charge < -0.3 is 10.1 Å². The molecule has 0 saturated carbocycles. The minimum Gasteiger partial charge on any atom is -0.383 e. The maximum Gasteiger partial charge on any atom is 0.254 e. The average molecular weight is 318 g/mol. The van der Waals surface area contributed by atoms with E-state index in [-0.39, 0.29) is 11.9 Å². The molecule has 0 aromatic carbocycles. The minimum absolute atomic E-state index is 0.0793. The molecule has 0 spiro atoms. The van der Waals surface area contributed by atoms with Crippen LogP contribution in [0, 0.1) is 0 Å². The van der Waals surface area contributed by atoms with Crippen molar-refractivity contribution in [2.45, 2.75) is 6.04 Å². The summed E-state index contributed by atoms with van der Waals surface area (Å²) in [4.78, 5) is 16.9. The number of hydrogen-bond acceptors (Lipinski definition) is 4. The van der Waals surface area contributed by atoms with Crippen molar-refractivity contribution < 1.29 is 9.53 Å². The molecule has 92 valence electrons. The smallest absolute Gasteiger partial charge is 0.254 e. The fraction of sp³-hybridized carbons (Fsp3) is 0.400. The fourth-order valence-electron chi connectivity index (χ4n) is 1.46. The van der Waals surface area contributed by atoms with E-state index in [1.54, 1.807) is 7.11 Å². The number of nitrogens with zero attached hydrogens (tertiary/aromatic N) is 1. The van der Waals surface area contributed by atoms with Crippen molar-refractivity contribution in [1.29, 1.82) is 0 Å². The van der Waals surface area contributed by atoms with Crippen LogP contribution in [0.4, 0.5) is 0 Å². The van der Waals surface area contributed by atoms with Gasteiger partial charge in [-0.3, -0.25) is 15.1 Å². The molecular weight excluding hydrogens is 306 g/mol. The van der Waals surface area contributed by atoms with Crippen molar-refractivity contribution in [2.75, 3.05) is 20.3 Å². The van der Waals surface area contributed by atoms with Gasteiger partial charge in [-0.1, -0.05) is 0 Å². The van der Waals surface area contributed by atoms with Gasteiger partial charge in [0.25, 0.3) is 5.91 Å². The standard InChI is InChI=1S/C10H12BrN3O2S/c1-16-4-3-12-10-13-7(9(15)14-10)8-6(11)2-5-17-8/h2,5,7H,3-4H2,1H3,(H2,12,13,14,15). The number of halogens is 1. The molecule has 17 heavy (non-hydrogen) atoms. The van der Waals surface area contributed by atoms with Crippen LogP contribution in [-0.2, 0) is 9.53 Å². The summed E-state index contributed by atoms with van der Waals surface area (Å²) >= 11 is 4.95. The Bertz CT molecular complexity index is 447. The van der Waals surface area contributed by atoms with Crippen LogP contribution in [0.2, 0.25) is 0 Å². The Morgan fingerprint density at radius 2 is 2.47 bits per heavy atom. The van der Waals surface area contributed by atoms with Gasteiger partial charge in [0.05, 0.1) is 18.0 Å². The molecule has 0 radical (unpaired) electrons. The lowest BCUT2D eigenvalue weighted by Crippen LogP contribution is -2.26. The Hall–Kier alpha value is -0.920. The first kappa shape index (κ1) is 12.5. The van der Waals surface area contributed by atoms with Crippen LogP contribution in [0.3, 0.4) is 0 Å². The summed E-state index contributed by atoms with van der Waals surface area (Å²) < 4.78 is 5.83. The van der Waals surface area contributed by atoms with E-state index in [2.05, 4.69) is 31.6 Å². The van der Waals surface area contributed by atoms with Gasteiger partial charge in [0.2, 0.25) is 0 Å². The van der Waals surface area contributed by atoms with Gasteiger partial charge in [-0.25, -0.2) is 0 Å². The van der Waals surface area contributed by atoms with Crippen LogP contribution in [0.5, 0.6) is 0 Å². The number of thiophene rings is 1. The van der Waals surface area contributed by atoms with E-state index in [1.807, 2.05) is 11.4 Å². The van der Waals surface area contributed by atoms with Gasteiger partial charge in [-0.2, -0.15) is 0 Å². The van der Waals surface area contributed by atoms with Crippen molar-refractivity contribution in [1.82, 2.24) is 10.6 Å². The number of hydrogen-bond donors (Lipinski definition) is 2. The molecule has 0 bridgehead atoms. The topological polar surface area (TPSA) is 62.7 Å². The normalized spacial score (nSPS) is 21.6. The van der Waals surface area contributed by atoms with Crippen molar-refractivity contribution in [3.63, 3.8) is 0 Å². The van der Waals surface area contributed by atoms with Crippen LogP contribution in [0.25, 0.3) is 0 Å². The van der Waals surface area contributed by atoms with Crippen LogP contribution >= 0.6 is 27.3 Å². The lowest BCUT2D eigenvalue weighted by Gasteiger charge is -2.05. The van der Waals surface area contributed by atoms with Gasteiger partial charge in [-0.15, -0.1) is 11.3 Å². The summed E-state index contributed by atoms with van der Waals surface area (Å²) in [6, 6.07) is 1.57. The molecule has 0 aliphatic carbocycles. The van der Waals surface area contributed by atoms with Gasteiger partial charge in [0.1, 0.15) is 6.04 Å². The Morgan fingerprint density at radius 1 is 1.65 bits per heavy atom. The molecular formula is C10H12BrN3O2S. The highest BCUT2D eigenvalue weighted by atomic mass is 79.9. The molecule has 1 atom stereocenters. The molecule has 5 nitrogen and oxygen atoms in total. The molecule has 1 saturated heterocycles. The Kier molecular flexibility index (Phi) is 4.14. The first-order valence-corrected chi connectivity index (χ1v) is 6.73. The number of methoxy groups -OCH3 is 1. The van der Waals surface area contributed by atoms with Gasteiger partial charge in [0.15, 0.2) is 5.96 Å². The number of guanidine groups is 1. The van der Waals surface area contributed by atoms with Gasteiger partial charge in [-0.05, 0) is 27.4 Å². The van der Waals surface area contributed by atoms with Crippen molar-refractivity contribution >= 4 is 39.1 Å². The van der Waals surface area contributed by atoms with Crippen LogP contribution in [-0.4, -0.2) is 32.1 Å². The first-order valence-electron chi connectivity index (χ1n) is 5.06. The number of nitrogens with one attached hydrogen (secondary N) is 2. The Balaban J connectivity index is 2.05. The molecule has 1 amide bonds. The highest BCUT2D eigenvalue weighted by Crippen LogP contribution is 2.30. The van der Waals surface area contributed by atoms with E-state index in [0.717, 1.165) is 9.35 Å². The highest BCUT2D eigenvalue weighted by Gasteiger charge is 2.31. The van der Waals surface area contributed by atoms with Crippen LogP contribution in [0.15, 0.2) is 20.9 Å². The summed E-state index contributed by atoms with van der Waals surface area (Å²) in [7, 11) is 1.62. The monoisotopic (exact) mass is 317 g/mol. The lowest BCUT2D eigenvalue weighted by molar-refractivity contribution is -0.120. The Labute approximate surface area is 111 Å². The maximum atomic E-state index is 11.8. The molecule has 2 N–H and O–H groups in total. The van der Waals surface area contributed by atoms with E-state index in [4.69, 9.17) is 4.74 Å². The van der Waals surface area contributed by atoms with Crippen molar-refractivity contribution in [2.24, 2.45) is 4.99 Å². The minimum atomic E-state index is -0.356. The molecule has 1 unspecified atom stereocenters. The molecule has 1 aliphatic rings. The van der Waals surface area contributed by atoms with Crippen molar-refractivity contribution in [3.8, 4) is 0 Å². The molecule has 1 aliphatic heterocycles. The fourth-order valence-corrected chi connectivity index (χ4v) is 3.11. The van der Waals surface area contributed by atoms with E-state index >= 15 is 0 Å². The maximum absolute atomic E-state index is 11.8. The number of ether oxygens (including phenoxy) is 1. The predicted molar refractivity (Wildman–Crippen MR) is 70.2 cm³/mol. The number of amides is 1. The van der Waals surface area contributed by atoms with E-state index < -0.39 is 0 Å². The van der Waals surface area contributed by atoms with E-state index in [9.17, 15) is 4.79 Å². The predicted octanol–water partition coefficient (Wildman–Crippen LogP) is 1.27. The van der Waals surface area contributed by atoms with Crippen molar-refractivity contribution in [3.05, 3.63) is 20.8 Å². The van der Waals surface area contributed by atoms with Crippen LogP contribution in [0.1, 0.15) is 10.9 Å². The first-order chi connectivity index (χ1) is 8.22. The number of carbonyl (C=O) groups is 1. The SMILES string of the molecule is COCCN=C1NC(=O)C(c2sccc2Br)N1. The third kappa shape index (κ3) is 2.85. The number of aliphatic imine (C=N–C) groups is 1. The quantitative estimate of drug-likeness (QED) is 0.822. The van der Waals surface area contributed by atoms with E-state index in [1.165, 1.54) is 11.3 Å². The summed E-state index contributed by atoms with van der Waals surface area (Å²) in [6.45, 7) is 1.06. The van der Waals surface area contributed by atoms with Crippen LogP contribution < -0.4 is 10.6 Å². The number of rotatable bonds is 4. The molecule has 7 heteroatoms. The second-order valence-electron chi connectivity index (χ2n) is 3.42. The second-order valence-corrected chi connectivity index (χ2v) is 5.22. The second kappa shape index (κ2) is 5.61. The zero-order chi connectivity index (χ0) is 12.3. The molecule has 1 aromatic heterocycles. The third-order valence-corrected chi connectivity index (χ3v) is 4.19. The summed E-state index contributed by atoms with van der Waals surface area (Å²) in [5.41, 5.74) is 0. The lowest BCUT2D eigenvalue weighted by atomic mass is 10.2. The molecule has 1 fully saturated rings. The average Bonchev–Trinajstić information content (AvgIpc) is 2.85.